The lowest BCUT2D eigenvalue weighted by atomic mass is 9.75. The van der Waals surface area contributed by atoms with Crippen molar-refractivity contribution in [1.29, 1.82) is 0 Å². The van der Waals surface area contributed by atoms with Crippen molar-refractivity contribution in [2.24, 2.45) is 11.1 Å². The molecule has 104 valence electrons. The Bertz CT molecular complexity index is 485. The number of rotatable bonds is 3. The number of carbonyl (C=O) groups excluding carboxylic acids is 1. The van der Waals surface area contributed by atoms with E-state index in [2.05, 4.69) is 19.2 Å². The monoisotopic (exact) mass is 264 g/mol. The molecule has 1 amide bonds. The average molecular weight is 264 g/mol. The van der Waals surface area contributed by atoms with E-state index in [1.54, 1.807) is 0 Å². The summed E-state index contributed by atoms with van der Waals surface area (Å²) in [6.07, 6.45) is 4.38. The fourth-order valence-corrected chi connectivity index (χ4v) is 2.83. The van der Waals surface area contributed by atoms with Crippen LogP contribution in [0.5, 0.6) is 0 Å². The molecule has 1 atom stereocenters. The molecule has 3 N–H and O–H groups in total. The molecule has 0 aromatic heterocycles. The maximum Gasteiger partial charge on any atom is 0.248 e. The van der Waals surface area contributed by atoms with Gasteiger partial charge in [0.1, 0.15) is 5.82 Å². The summed E-state index contributed by atoms with van der Waals surface area (Å²) in [5.41, 5.74) is 6.21. The Hall–Kier alpha value is -1.58. The van der Waals surface area contributed by atoms with E-state index in [-0.39, 0.29) is 17.3 Å². The summed E-state index contributed by atoms with van der Waals surface area (Å²) in [4.78, 5) is 11.1. The van der Waals surface area contributed by atoms with Crippen molar-refractivity contribution in [2.75, 3.05) is 5.32 Å². The van der Waals surface area contributed by atoms with Gasteiger partial charge in [-0.15, -0.1) is 0 Å². The molecular weight excluding hydrogens is 243 g/mol. The minimum absolute atomic E-state index is 0.251. The SMILES string of the molecule is CC1(C)CCCC(Nc2cc(C(N)=O)ccc2F)C1. The Labute approximate surface area is 113 Å². The van der Waals surface area contributed by atoms with Crippen molar-refractivity contribution in [2.45, 2.75) is 45.6 Å². The summed E-state index contributed by atoms with van der Waals surface area (Å²) >= 11 is 0. The highest BCUT2D eigenvalue weighted by Gasteiger charge is 2.28. The second-order valence-electron chi connectivity index (χ2n) is 6.16. The van der Waals surface area contributed by atoms with Crippen LogP contribution in [-0.4, -0.2) is 11.9 Å². The van der Waals surface area contributed by atoms with Crippen LogP contribution in [0.2, 0.25) is 0 Å². The molecule has 0 radical (unpaired) electrons. The van der Waals surface area contributed by atoms with Gasteiger partial charge < -0.3 is 11.1 Å². The van der Waals surface area contributed by atoms with Crippen LogP contribution in [0.4, 0.5) is 10.1 Å². The number of carbonyl (C=O) groups is 1. The van der Waals surface area contributed by atoms with Gasteiger partial charge >= 0.3 is 0 Å². The highest BCUT2D eigenvalue weighted by molar-refractivity contribution is 5.93. The second-order valence-corrected chi connectivity index (χ2v) is 6.16. The summed E-state index contributed by atoms with van der Waals surface area (Å²) in [5, 5.41) is 3.22. The molecule has 1 saturated carbocycles. The number of nitrogens with two attached hydrogens (primary N) is 1. The first-order chi connectivity index (χ1) is 8.87. The molecule has 0 heterocycles. The molecule has 1 unspecified atom stereocenters. The number of amides is 1. The maximum atomic E-state index is 13.8. The lowest BCUT2D eigenvalue weighted by molar-refractivity contribution is 0.1000. The Balaban J connectivity index is 2.14. The Kier molecular flexibility index (Phi) is 3.78. The van der Waals surface area contributed by atoms with E-state index in [0.717, 1.165) is 19.3 Å². The largest absolute Gasteiger partial charge is 0.380 e. The van der Waals surface area contributed by atoms with Gasteiger partial charge in [-0.1, -0.05) is 20.3 Å². The number of primary amides is 1. The third kappa shape index (κ3) is 3.46. The third-order valence-corrected chi connectivity index (χ3v) is 3.82. The summed E-state index contributed by atoms with van der Waals surface area (Å²) in [5.74, 6) is -0.875. The van der Waals surface area contributed by atoms with E-state index in [1.165, 1.54) is 24.6 Å². The minimum Gasteiger partial charge on any atom is -0.380 e. The van der Waals surface area contributed by atoms with Crippen LogP contribution in [0.15, 0.2) is 18.2 Å². The number of anilines is 1. The van der Waals surface area contributed by atoms with Gasteiger partial charge in [-0.3, -0.25) is 4.79 Å². The summed E-state index contributed by atoms with van der Waals surface area (Å²) < 4.78 is 13.8. The standard InChI is InChI=1S/C15H21FN2O/c1-15(2)7-3-4-11(9-15)18-13-8-10(14(17)19)5-6-12(13)16/h5-6,8,11,18H,3-4,7,9H2,1-2H3,(H2,17,19). The van der Waals surface area contributed by atoms with Crippen molar-refractivity contribution >= 4 is 11.6 Å². The van der Waals surface area contributed by atoms with Gasteiger partial charge in [-0.25, -0.2) is 4.39 Å². The minimum atomic E-state index is -0.535. The first-order valence-corrected chi connectivity index (χ1v) is 6.73. The molecule has 4 heteroatoms. The topological polar surface area (TPSA) is 55.1 Å². The quantitative estimate of drug-likeness (QED) is 0.880. The van der Waals surface area contributed by atoms with Crippen molar-refractivity contribution in [3.8, 4) is 0 Å². The lowest BCUT2D eigenvalue weighted by Crippen LogP contribution is -2.32. The molecule has 1 aliphatic carbocycles. The molecule has 3 nitrogen and oxygen atoms in total. The molecule has 1 aromatic rings. The number of halogens is 1. The smallest absolute Gasteiger partial charge is 0.248 e. The van der Waals surface area contributed by atoms with E-state index >= 15 is 0 Å². The number of nitrogens with one attached hydrogen (secondary N) is 1. The molecule has 0 spiro atoms. The number of hydrogen-bond acceptors (Lipinski definition) is 2. The van der Waals surface area contributed by atoms with Crippen LogP contribution in [0.1, 0.15) is 49.9 Å². The third-order valence-electron chi connectivity index (χ3n) is 3.82. The summed E-state index contributed by atoms with van der Waals surface area (Å²) in [6.45, 7) is 4.47. The van der Waals surface area contributed by atoms with Gasteiger partial charge in [-0.05, 0) is 42.9 Å². The van der Waals surface area contributed by atoms with Gasteiger partial charge in [0.05, 0.1) is 5.69 Å². The molecule has 0 bridgehead atoms. The van der Waals surface area contributed by atoms with Gasteiger partial charge in [0, 0.05) is 11.6 Å². The zero-order valence-corrected chi connectivity index (χ0v) is 11.5. The van der Waals surface area contributed by atoms with Gasteiger partial charge in [0.25, 0.3) is 0 Å². The predicted molar refractivity (Wildman–Crippen MR) is 74.6 cm³/mol. The Morgan fingerprint density at radius 3 is 2.84 bits per heavy atom. The van der Waals surface area contributed by atoms with Crippen molar-refractivity contribution in [3.63, 3.8) is 0 Å². The van der Waals surface area contributed by atoms with E-state index in [1.807, 2.05) is 0 Å². The van der Waals surface area contributed by atoms with Crippen LogP contribution in [-0.2, 0) is 0 Å². The highest BCUT2D eigenvalue weighted by atomic mass is 19.1. The highest BCUT2D eigenvalue weighted by Crippen LogP contribution is 2.36. The first-order valence-electron chi connectivity index (χ1n) is 6.73. The zero-order chi connectivity index (χ0) is 14.0. The molecule has 0 saturated heterocycles. The van der Waals surface area contributed by atoms with E-state index in [0.29, 0.717) is 11.3 Å². The molecular formula is C15H21FN2O. The van der Waals surface area contributed by atoms with Crippen molar-refractivity contribution in [1.82, 2.24) is 0 Å². The summed E-state index contributed by atoms with van der Waals surface area (Å²) in [6, 6.07) is 4.45. The zero-order valence-electron chi connectivity index (χ0n) is 11.5. The summed E-state index contributed by atoms with van der Waals surface area (Å²) in [7, 11) is 0. The Morgan fingerprint density at radius 2 is 2.21 bits per heavy atom. The van der Waals surface area contributed by atoms with Crippen molar-refractivity contribution in [3.05, 3.63) is 29.6 Å². The Morgan fingerprint density at radius 1 is 1.47 bits per heavy atom. The van der Waals surface area contributed by atoms with Crippen molar-refractivity contribution < 1.29 is 9.18 Å². The van der Waals surface area contributed by atoms with Gasteiger partial charge in [0.2, 0.25) is 5.91 Å². The molecule has 1 fully saturated rings. The van der Waals surface area contributed by atoms with Crippen LogP contribution < -0.4 is 11.1 Å². The van der Waals surface area contributed by atoms with Gasteiger partial charge in [0.15, 0.2) is 0 Å². The fourth-order valence-electron chi connectivity index (χ4n) is 2.83. The van der Waals surface area contributed by atoms with E-state index in [4.69, 9.17) is 5.73 Å². The van der Waals surface area contributed by atoms with E-state index < -0.39 is 5.91 Å². The number of benzene rings is 1. The predicted octanol–water partition coefficient (Wildman–Crippen LogP) is 3.31. The van der Waals surface area contributed by atoms with Crippen LogP contribution in [0, 0.1) is 11.2 Å². The number of hydrogen-bond donors (Lipinski definition) is 2. The average Bonchev–Trinajstić information content (AvgIpc) is 2.30. The normalized spacial score (nSPS) is 21.9. The molecule has 0 aliphatic heterocycles. The molecule has 1 aromatic carbocycles. The maximum absolute atomic E-state index is 13.8. The fraction of sp³-hybridized carbons (Fsp3) is 0.533. The molecule has 19 heavy (non-hydrogen) atoms. The van der Waals surface area contributed by atoms with Gasteiger partial charge in [-0.2, -0.15) is 0 Å². The van der Waals surface area contributed by atoms with Crippen LogP contribution in [0.3, 0.4) is 0 Å². The molecule has 2 rings (SSSR count). The van der Waals surface area contributed by atoms with E-state index in [9.17, 15) is 9.18 Å². The second kappa shape index (κ2) is 5.19. The first kappa shape index (κ1) is 13.8. The molecule has 1 aliphatic rings. The van der Waals surface area contributed by atoms with Crippen LogP contribution >= 0.6 is 0 Å². The lowest BCUT2D eigenvalue weighted by Gasteiger charge is -2.36. The van der Waals surface area contributed by atoms with Crippen LogP contribution in [0.25, 0.3) is 0 Å².